The summed E-state index contributed by atoms with van der Waals surface area (Å²) in [6.45, 7) is 3.97. The molecule has 0 unspecified atom stereocenters. The molecule has 0 saturated heterocycles. The van der Waals surface area contributed by atoms with Crippen LogP contribution < -0.4 is 0 Å². The van der Waals surface area contributed by atoms with Crippen molar-refractivity contribution < 1.29 is 8.63 Å². The van der Waals surface area contributed by atoms with Crippen LogP contribution in [0.4, 0.5) is 0 Å². The van der Waals surface area contributed by atoms with Crippen LogP contribution in [0.3, 0.4) is 0 Å². The van der Waals surface area contributed by atoms with Crippen LogP contribution in [0.5, 0.6) is 0 Å². The molecule has 0 aliphatic carbocycles. The Balaban J connectivity index is 2.77. The second-order valence-corrected chi connectivity index (χ2v) is 4.94. The van der Waals surface area contributed by atoms with E-state index < -0.39 is 10.8 Å². The van der Waals surface area contributed by atoms with Gasteiger partial charge in [-0.15, -0.1) is 0 Å². The number of hydrogen-bond donors (Lipinski definition) is 0. The maximum absolute atomic E-state index is 11.6. The van der Waals surface area contributed by atoms with Gasteiger partial charge in [0.1, 0.15) is 11.3 Å². The Morgan fingerprint density at radius 1 is 1.40 bits per heavy atom. The van der Waals surface area contributed by atoms with Crippen LogP contribution >= 0.6 is 0 Å². The lowest BCUT2D eigenvalue weighted by Gasteiger charge is -1.97. The van der Waals surface area contributed by atoms with E-state index in [1.165, 1.54) is 5.56 Å². The Labute approximate surface area is 91.7 Å². The third-order valence-electron chi connectivity index (χ3n) is 2.57. The van der Waals surface area contributed by atoms with E-state index in [1.54, 1.807) is 6.26 Å². The van der Waals surface area contributed by atoms with Gasteiger partial charge in [0.25, 0.3) is 0 Å². The number of hydrogen-bond acceptors (Lipinski definition) is 2. The highest BCUT2D eigenvalue weighted by atomic mass is 32.2. The lowest BCUT2D eigenvalue weighted by atomic mass is 10.1. The van der Waals surface area contributed by atoms with Crippen molar-refractivity contribution in [2.24, 2.45) is 0 Å². The number of furan rings is 1. The van der Waals surface area contributed by atoms with Crippen molar-refractivity contribution in [2.45, 2.75) is 25.2 Å². The molecular formula is C12H14O2S. The fourth-order valence-corrected chi connectivity index (χ4v) is 2.74. The average molecular weight is 222 g/mol. The monoisotopic (exact) mass is 222 g/mol. The van der Waals surface area contributed by atoms with E-state index in [4.69, 9.17) is 4.42 Å². The van der Waals surface area contributed by atoms with Gasteiger partial charge in [0.15, 0.2) is 0 Å². The van der Waals surface area contributed by atoms with Crippen molar-refractivity contribution in [2.75, 3.05) is 6.26 Å². The number of benzene rings is 1. The summed E-state index contributed by atoms with van der Waals surface area (Å²) >= 11 is 0. The standard InChI is InChI=1S/C12H14O2S/c1-4-9-5-6-11-10(7-9)12(15(3)13)8(2)14-11/h5-7H,4H2,1-3H3/t15-/m1/s1. The molecule has 0 aliphatic rings. The molecule has 2 rings (SSSR count). The Kier molecular flexibility index (Phi) is 2.65. The molecule has 3 heteroatoms. The second-order valence-electron chi connectivity index (χ2n) is 3.63. The van der Waals surface area contributed by atoms with Crippen LogP contribution in [-0.4, -0.2) is 10.5 Å². The first-order chi connectivity index (χ1) is 7.13. The topological polar surface area (TPSA) is 30.2 Å². The highest BCUT2D eigenvalue weighted by Crippen LogP contribution is 2.28. The lowest BCUT2D eigenvalue weighted by molar-refractivity contribution is 0.566. The van der Waals surface area contributed by atoms with E-state index in [0.29, 0.717) is 0 Å². The first kappa shape index (κ1) is 10.4. The maximum atomic E-state index is 11.6. The minimum atomic E-state index is -0.988. The highest BCUT2D eigenvalue weighted by molar-refractivity contribution is 7.84. The molecule has 1 aromatic carbocycles. The molecule has 2 nitrogen and oxygen atoms in total. The average Bonchev–Trinajstić information content (AvgIpc) is 2.52. The van der Waals surface area contributed by atoms with Crippen molar-refractivity contribution in [1.82, 2.24) is 0 Å². The highest BCUT2D eigenvalue weighted by Gasteiger charge is 2.13. The van der Waals surface area contributed by atoms with E-state index in [-0.39, 0.29) is 0 Å². The Bertz CT molecular complexity index is 526. The first-order valence-corrected chi connectivity index (χ1v) is 6.54. The zero-order valence-electron chi connectivity index (χ0n) is 9.16. The molecule has 15 heavy (non-hydrogen) atoms. The van der Waals surface area contributed by atoms with E-state index in [0.717, 1.165) is 28.0 Å². The fourth-order valence-electron chi connectivity index (χ4n) is 1.82. The predicted octanol–water partition coefficient (Wildman–Crippen LogP) is 3.04. The second kappa shape index (κ2) is 3.81. The van der Waals surface area contributed by atoms with Gasteiger partial charge in [-0.2, -0.15) is 0 Å². The first-order valence-electron chi connectivity index (χ1n) is 4.99. The minimum Gasteiger partial charge on any atom is -0.460 e. The summed E-state index contributed by atoms with van der Waals surface area (Å²) < 4.78 is 17.2. The molecule has 1 atom stereocenters. The van der Waals surface area contributed by atoms with Gasteiger partial charge < -0.3 is 4.42 Å². The summed E-state index contributed by atoms with van der Waals surface area (Å²) in [7, 11) is -0.988. The SMILES string of the molecule is CCc1ccc2oc(C)c([S@@](C)=O)c2c1. The van der Waals surface area contributed by atoms with Gasteiger partial charge in [-0.25, -0.2) is 0 Å². The zero-order chi connectivity index (χ0) is 11.0. The zero-order valence-corrected chi connectivity index (χ0v) is 9.98. The van der Waals surface area contributed by atoms with Gasteiger partial charge in [0.05, 0.1) is 15.7 Å². The lowest BCUT2D eigenvalue weighted by Crippen LogP contribution is -1.88. The largest absolute Gasteiger partial charge is 0.460 e. The van der Waals surface area contributed by atoms with Crippen molar-refractivity contribution in [3.8, 4) is 0 Å². The number of fused-ring (bicyclic) bond motifs is 1. The van der Waals surface area contributed by atoms with Crippen LogP contribution in [0.25, 0.3) is 11.0 Å². The molecule has 0 radical (unpaired) electrons. The van der Waals surface area contributed by atoms with Crippen LogP contribution in [0.15, 0.2) is 27.5 Å². The van der Waals surface area contributed by atoms with E-state index >= 15 is 0 Å². The van der Waals surface area contributed by atoms with Crippen LogP contribution in [0.2, 0.25) is 0 Å². The summed E-state index contributed by atoms with van der Waals surface area (Å²) in [5, 5.41) is 0.993. The molecule has 0 fully saturated rings. The molecule has 1 heterocycles. The third-order valence-corrected chi connectivity index (χ3v) is 3.65. The van der Waals surface area contributed by atoms with Gasteiger partial charge in [0, 0.05) is 11.6 Å². The summed E-state index contributed by atoms with van der Waals surface area (Å²) in [6.07, 6.45) is 2.67. The van der Waals surface area contributed by atoms with Crippen molar-refractivity contribution in [3.63, 3.8) is 0 Å². The molecule has 0 N–H and O–H groups in total. The molecule has 2 aromatic rings. The smallest absolute Gasteiger partial charge is 0.135 e. The number of rotatable bonds is 2. The molecule has 0 saturated carbocycles. The van der Waals surface area contributed by atoms with Crippen molar-refractivity contribution in [3.05, 3.63) is 29.5 Å². The van der Waals surface area contributed by atoms with Crippen LogP contribution in [0, 0.1) is 6.92 Å². The van der Waals surface area contributed by atoms with Gasteiger partial charge in [0.2, 0.25) is 0 Å². The van der Waals surface area contributed by atoms with Gasteiger partial charge in [-0.3, -0.25) is 4.21 Å². The quantitative estimate of drug-likeness (QED) is 0.781. The van der Waals surface area contributed by atoms with Gasteiger partial charge >= 0.3 is 0 Å². The third kappa shape index (κ3) is 1.72. The predicted molar refractivity (Wildman–Crippen MR) is 62.7 cm³/mol. The van der Waals surface area contributed by atoms with E-state index in [1.807, 2.05) is 19.1 Å². The van der Waals surface area contributed by atoms with Crippen molar-refractivity contribution in [1.29, 1.82) is 0 Å². The normalized spacial score (nSPS) is 13.3. The Morgan fingerprint density at radius 2 is 2.13 bits per heavy atom. The summed E-state index contributed by atoms with van der Waals surface area (Å²) in [6, 6.07) is 6.08. The molecular weight excluding hydrogens is 208 g/mol. The Morgan fingerprint density at radius 3 is 2.73 bits per heavy atom. The minimum absolute atomic E-state index is 0.763. The molecule has 0 spiro atoms. The van der Waals surface area contributed by atoms with Gasteiger partial charge in [-0.1, -0.05) is 13.0 Å². The van der Waals surface area contributed by atoms with E-state index in [2.05, 4.69) is 13.0 Å². The Hall–Kier alpha value is -1.09. The molecule has 0 bridgehead atoms. The molecule has 0 aliphatic heterocycles. The van der Waals surface area contributed by atoms with Crippen LogP contribution in [-0.2, 0) is 17.2 Å². The maximum Gasteiger partial charge on any atom is 0.135 e. The molecule has 1 aromatic heterocycles. The summed E-state index contributed by atoms with van der Waals surface area (Å²) in [4.78, 5) is 0.834. The molecule has 0 amide bonds. The van der Waals surface area contributed by atoms with E-state index in [9.17, 15) is 4.21 Å². The summed E-state index contributed by atoms with van der Waals surface area (Å²) in [5.41, 5.74) is 2.07. The van der Waals surface area contributed by atoms with Gasteiger partial charge in [-0.05, 0) is 31.0 Å². The molecule has 80 valence electrons. The van der Waals surface area contributed by atoms with Crippen molar-refractivity contribution >= 4 is 21.8 Å². The number of aryl methyl sites for hydroxylation is 2. The van der Waals surface area contributed by atoms with Crippen LogP contribution in [0.1, 0.15) is 18.2 Å². The fraction of sp³-hybridized carbons (Fsp3) is 0.333. The summed E-state index contributed by atoms with van der Waals surface area (Å²) in [5.74, 6) is 0.763.